The zero-order valence-corrected chi connectivity index (χ0v) is 18.3. The number of hydrogen-bond donors (Lipinski definition) is 1. The zero-order chi connectivity index (χ0) is 21.8. The van der Waals surface area contributed by atoms with E-state index in [9.17, 15) is 13.2 Å². The molecule has 0 bridgehead atoms. The minimum Gasteiger partial charge on any atom is -0.354 e. The molecule has 3 aromatic rings. The van der Waals surface area contributed by atoms with Gasteiger partial charge < -0.3 is 5.32 Å². The van der Waals surface area contributed by atoms with Crippen molar-refractivity contribution in [3.05, 3.63) is 101 Å². The van der Waals surface area contributed by atoms with Crippen LogP contribution in [0.1, 0.15) is 22.3 Å². The van der Waals surface area contributed by atoms with Crippen molar-refractivity contribution in [2.75, 3.05) is 6.54 Å². The largest absolute Gasteiger partial charge is 0.354 e. The minimum atomic E-state index is -3.82. The van der Waals surface area contributed by atoms with Crippen LogP contribution >= 0.6 is 0 Å². The quantitative estimate of drug-likeness (QED) is 0.646. The van der Waals surface area contributed by atoms with Crippen LogP contribution in [0.4, 0.5) is 0 Å². The number of carbonyl (C=O) groups is 1. The predicted octanol–water partition coefficient (Wildman–Crippen LogP) is 3.47. The van der Waals surface area contributed by atoms with Gasteiger partial charge in [-0.1, -0.05) is 72.3 Å². The Morgan fingerprint density at radius 1 is 0.935 bits per heavy atom. The third-order valence-electron chi connectivity index (χ3n) is 5.69. The molecule has 0 radical (unpaired) electrons. The number of nitrogens with one attached hydrogen (secondary N) is 1. The molecule has 5 nitrogen and oxygen atoms in total. The number of carbonyl (C=O) groups excluding carboxylic acids is 1. The van der Waals surface area contributed by atoms with Crippen molar-refractivity contribution in [3.8, 4) is 0 Å². The van der Waals surface area contributed by atoms with E-state index in [0.717, 1.165) is 22.3 Å². The summed E-state index contributed by atoms with van der Waals surface area (Å²) in [4.78, 5) is 13.3. The summed E-state index contributed by atoms with van der Waals surface area (Å²) in [7, 11) is -3.82. The van der Waals surface area contributed by atoms with Gasteiger partial charge >= 0.3 is 0 Å². The van der Waals surface area contributed by atoms with Gasteiger partial charge in [-0.3, -0.25) is 4.79 Å². The number of fused-ring (bicyclic) bond motifs is 1. The number of aryl methyl sites for hydroxylation is 1. The van der Waals surface area contributed by atoms with E-state index >= 15 is 0 Å². The van der Waals surface area contributed by atoms with Crippen LogP contribution in [-0.2, 0) is 34.2 Å². The lowest BCUT2D eigenvalue weighted by Gasteiger charge is -2.35. The van der Waals surface area contributed by atoms with E-state index in [4.69, 9.17) is 0 Å². The predicted molar refractivity (Wildman–Crippen MR) is 121 cm³/mol. The smallest absolute Gasteiger partial charge is 0.244 e. The molecule has 1 heterocycles. The second-order valence-corrected chi connectivity index (χ2v) is 9.77. The van der Waals surface area contributed by atoms with Crippen LogP contribution in [0.3, 0.4) is 0 Å². The van der Waals surface area contributed by atoms with Crippen molar-refractivity contribution in [2.24, 2.45) is 0 Å². The molecule has 1 aliphatic heterocycles. The first kappa shape index (κ1) is 21.3. The van der Waals surface area contributed by atoms with Gasteiger partial charge in [0, 0.05) is 13.1 Å². The lowest BCUT2D eigenvalue weighted by atomic mass is 9.95. The summed E-state index contributed by atoms with van der Waals surface area (Å²) in [6.45, 7) is 2.55. The summed E-state index contributed by atoms with van der Waals surface area (Å²) < 4.78 is 28.3. The summed E-state index contributed by atoms with van der Waals surface area (Å²) in [5.41, 5.74) is 4.06. The van der Waals surface area contributed by atoms with Gasteiger partial charge in [0.25, 0.3) is 0 Å². The van der Waals surface area contributed by atoms with Gasteiger partial charge in [0.1, 0.15) is 6.04 Å². The van der Waals surface area contributed by atoms with Crippen molar-refractivity contribution >= 4 is 15.9 Å². The van der Waals surface area contributed by atoms with E-state index < -0.39 is 16.1 Å². The summed E-state index contributed by atoms with van der Waals surface area (Å²) in [6.07, 6.45) is 1.05. The lowest BCUT2D eigenvalue weighted by molar-refractivity contribution is -0.125. The molecule has 0 saturated heterocycles. The molecule has 1 amide bonds. The van der Waals surface area contributed by atoms with Crippen LogP contribution in [0, 0.1) is 6.92 Å². The molecule has 1 atom stereocenters. The van der Waals surface area contributed by atoms with Crippen molar-refractivity contribution in [2.45, 2.75) is 37.2 Å². The highest BCUT2D eigenvalue weighted by Gasteiger charge is 2.39. The molecule has 6 heteroatoms. The van der Waals surface area contributed by atoms with Crippen molar-refractivity contribution in [1.82, 2.24) is 9.62 Å². The van der Waals surface area contributed by atoms with Gasteiger partial charge in [0.2, 0.25) is 15.9 Å². The molecule has 0 saturated carbocycles. The van der Waals surface area contributed by atoms with Gasteiger partial charge in [0.15, 0.2) is 0 Å². The number of amides is 1. The monoisotopic (exact) mass is 434 g/mol. The number of nitrogens with zero attached hydrogens (tertiary/aromatic N) is 1. The lowest BCUT2D eigenvalue weighted by Crippen LogP contribution is -2.52. The Hall–Kier alpha value is -2.96. The third-order valence-corrected chi connectivity index (χ3v) is 7.56. The molecule has 1 aliphatic rings. The molecule has 0 aliphatic carbocycles. The second kappa shape index (κ2) is 9.04. The number of rotatable bonds is 6. The van der Waals surface area contributed by atoms with E-state index in [1.807, 2.05) is 61.5 Å². The van der Waals surface area contributed by atoms with E-state index in [-0.39, 0.29) is 17.3 Å². The van der Waals surface area contributed by atoms with E-state index in [1.165, 1.54) is 4.31 Å². The second-order valence-electron chi connectivity index (χ2n) is 7.88. The Morgan fingerprint density at radius 2 is 1.58 bits per heavy atom. The molecule has 0 fully saturated rings. The van der Waals surface area contributed by atoms with Gasteiger partial charge in [-0.2, -0.15) is 4.31 Å². The maximum Gasteiger partial charge on any atom is 0.244 e. The first-order chi connectivity index (χ1) is 14.9. The first-order valence-electron chi connectivity index (χ1n) is 10.4. The van der Waals surface area contributed by atoms with Crippen LogP contribution in [0.2, 0.25) is 0 Å². The molecular weight excluding hydrogens is 408 g/mol. The van der Waals surface area contributed by atoms with E-state index in [0.29, 0.717) is 19.4 Å². The highest BCUT2D eigenvalue weighted by atomic mass is 32.2. The average Bonchev–Trinajstić information content (AvgIpc) is 2.79. The van der Waals surface area contributed by atoms with E-state index in [1.54, 1.807) is 24.3 Å². The zero-order valence-electron chi connectivity index (χ0n) is 17.5. The fourth-order valence-corrected chi connectivity index (χ4v) is 5.48. The molecular formula is C25H26N2O3S. The van der Waals surface area contributed by atoms with Crippen molar-refractivity contribution in [3.63, 3.8) is 0 Å². The average molecular weight is 435 g/mol. The van der Waals surface area contributed by atoms with Crippen LogP contribution in [0.25, 0.3) is 0 Å². The van der Waals surface area contributed by atoms with Crippen LogP contribution < -0.4 is 5.32 Å². The summed E-state index contributed by atoms with van der Waals surface area (Å²) in [6, 6.07) is 23.6. The molecule has 160 valence electrons. The SMILES string of the molecule is Cc1ccc(S(=O)(=O)N2Cc3ccccc3C[C@H]2C(=O)NCCc2ccccc2)cc1. The molecule has 0 unspecified atom stereocenters. The fraction of sp³-hybridized carbons (Fsp3) is 0.240. The molecule has 1 N–H and O–H groups in total. The maximum absolute atomic E-state index is 13.5. The number of benzene rings is 3. The molecule has 31 heavy (non-hydrogen) atoms. The first-order valence-corrected chi connectivity index (χ1v) is 11.9. The summed E-state index contributed by atoms with van der Waals surface area (Å²) in [5, 5.41) is 2.95. The summed E-state index contributed by atoms with van der Waals surface area (Å²) in [5.74, 6) is -0.263. The van der Waals surface area contributed by atoms with Crippen LogP contribution in [0.15, 0.2) is 83.8 Å². The third kappa shape index (κ3) is 4.70. The Balaban J connectivity index is 1.58. The van der Waals surface area contributed by atoms with E-state index in [2.05, 4.69) is 5.32 Å². The molecule has 0 spiro atoms. The minimum absolute atomic E-state index is 0.184. The Bertz CT molecular complexity index is 1160. The van der Waals surface area contributed by atoms with Crippen LogP contribution in [0.5, 0.6) is 0 Å². The molecule has 0 aromatic heterocycles. The topological polar surface area (TPSA) is 66.5 Å². The van der Waals surface area contributed by atoms with Crippen molar-refractivity contribution in [1.29, 1.82) is 0 Å². The number of hydrogen-bond acceptors (Lipinski definition) is 3. The van der Waals surface area contributed by atoms with Crippen LogP contribution in [-0.4, -0.2) is 31.2 Å². The summed E-state index contributed by atoms with van der Waals surface area (Å²) >= 11 is 0. The highest BCUT2D eigenvalue weighted by Crippen LogP contribution is 2.29. The number of sulfonamides is 1. The molecule has 4 rings (SSSR count). The van der Waals surface area contributed by atoms with Crippen molar-refractivity contribution < 1.29 is 13.2 Å². The Kier molecular flexibility index (Phi) is 6.20. The molecule has 3 aromatic carbocycles. The normalized spacial score (nSPS) is 16.5. The van der Waals surface area contributed by atoms with Gasteiger partial charge in [-0.05, 0) is 48.6 Å². The van der Waals surface area contributed by atoms with Gasteiger partial charge in [-0.15, -0.1) is 0 Å². The van der Waals surface area contributed by atoms with Gasteiger partial charge in [0.05, 0.1) is 4.90 Å². The fourth-order valence-electron chi connectivity index (χ4n) is 3.91. The Labute approximate surface area is 183 Å². The van der Waals surface area contributed by atoms with Gasteiger partial charge in [-0.25, -0.2) is 8.42 Å². The standard InChI is InChI=1S/C25H26N2O3S/c1-19-11-13-23(14-12-19)31(29,30)27-18-22-10-6-5-9-21(22)17-24(27)25(28)26-16-15-20-7-3-2-4-8-20/h2-14,24H,15-18H2,1H3,(H,26,28)/t24-/m0/s1. The highest BCUT2D eigenvalue weighted by molar-refractivity contribution is 7.89. The maximum atomic E-state index is 13.5. The Morgan fingerprint density at radius 3 is 2.29 bits per heavy atom.